The molecule has 17 heteroatoms. The van der Waals surface area contributed by atoms with E-state index in [2.05, 4.69) is 10.1 Å². The minimum atomic E-state index is -4.65. The van der Waals surface area contributed by atoms with E-state index >= 15 is 0 Å². The molecule has 3 heterocycles. The molecular weight excluding hydrogens is 625 g/mol. The Balaban J connectivity index is 1.91. The van der Waals surface area contributed by atoms with E-state index in [-0.39, 0.29) is 36.1 Å². The van der Waals surface area contributed by atoms with Gasteiger partial charge in [-0.25, -0.2) is 23.1 Å². The summed E-state index contributed by atoms with van der Waals surface area (Å²) in [5.74, 6) is -2.94. The Morgan fingerprint density at radius 1 is 1.15 bits per heavy atom. The number of aliphatic hydroxyl groups is 1. The van der Waals surface area contributed by atoms with Gasteiger partial charge >= 0.3 is 19.8 Å². The molecule has 1 fully saturated rings. The van der Waals surface area contributed by atoms with Crippen LogP contribution in [-0.2, 0) is 52.3 Å². The van der Waals surface area contributed by atoms with E-state index in [9.17, 15) is 29.3 Å². The highest BCUT2D eigenvalue weighted by Crippen LogP contribution is 2.52. The lowest BCUT2D eigenvalue weighted by Crippen LogP contribution is -2.39. The zero-order chi connectivity index (χ0) is 34.4. The van der Waals surface area contributed by atoms with Gasteiger partial charge in [-0.05, 0) is 38.8 Å². The van der Waals surface area contributed by atoms with Crippen molar-refractivity contribution in [1.29, 1.82) is 5.26 Å². The van der Waals surface area contributed by atoms with Crippen LogP contribution < -0.4 is 5.73 Å². The van der Waals surface area contributed by atoms with E-state index in [1.807, 2.05) is 19.9 Å². The predicted molar refractivity (Wildman–Crippen MR) is 160 cm³/mol. The number of fused-ring (bicyclic) bond motifs is 1. The first-order valence-corrected chi connectivity index (χ1v) is 16.1. The Morgan fingerprint density at radius 3 is 2.39 bits per heavy atom. The van der Waals surface area contributed by atoms with Crippen molar-refractivity contribution in [2.45, 2.75) is 79.1 Å². The number of nitrogens with zero attached hydrogens (tertiary/aromatic N) is 4. The van der Waals surface area contributed by atoms with Gasteiger partial charge < -0.3 is 25.1 Å². The molecule has 0 bridgehead atoms. The second-order valence-electron chi connectivity index (χ2n) is 12.7. The molecule has 5 atom stereocenters. The summed E-state index contributed by atoms with van der Waals surface area (Å²) >= 11 is 0. The van der Waals surface area contributed by atoms with E-state index in [1.165, 1.54) is 16.9 Å². The summed E-state index contributed by atoms with van der Waals surface area (Å²) in [5.41, 5.74) is 3.46. The lowest BCUT2D eigenvalue weighted by Gasteiger charge is -2.25. The van der Waals surface area contributed by atoms with Crippen LogP contribution in [-0.4, -0.2) is 69.8 Å². The standard InChI is InChI=1S/C29H42N5O11P/c1-17(2)10-19(35)11-20-22(45-29(13-30,24(20)36)23-9-8-21-25(31)32-14-33-34(21)23)12-42-46(39,43-15-40-26(37)18(3)4)44-16-41-27(38)28(5,6)7/h8-9,14,17-18,20,22,24,36H,10-12,15-16H2,1-7H3,(H2,31,32,33)/t20-,22-,24-,29+,46?/m1/s1. The first kappa shape index (κ1) is 37.0. The topological polar surface area (TPSA) is 224 Å². The number of hydrogen-bond acceptors (Lipinski definition) is 15. The second kappa shape index (κ2) is 15.0. The monoisotopic (exact) mass is 667 g/mol. The molecule has 3 rings (SSSR count). The number of phosphoric acid groups is 1. The van der Waals surface area contributed by atoms with Gasteiger partial charge in [-0.2, -0.15) is 10.4 Å². The fraction of sp³-hybridized carbons (Fsp3) is 0.655. The highest BCUT2D eigenvalue weighted by Gasteiger charge is 2.58. The van der Waals surface area contributed by atoms with Crippen molar-refractivity contribution in [2.24, 2.45) is 23.2 Å². The Bertz CT molecular complexity index is 1500. The van der Waals surface area contributed by atoms with E-state index < -0.39 is 75.0 Å². The summed E-state index contributed by atoms with van der Waals surface area (Å²) in [7, 11) is -4.65. The summed E-state index contributed by atoms with van der Waals surface area (Å²) in [5, 5.41) is 26.2. The molecule has 0 radical (unpaired) electrons. The number of carbonyl (C=O) groups is 3. The van der Waals surface area contributed by atoms with Gasteiger partial charge in [-0.3, -0.25) is 18.9 Å². The normalized spacial score (nSPS) is 22.9. The third kappa shape index (κ3) is 8.67. The molecule has 0 aromatic carbocycles. The summed E-state index contributed by atoms with van der Waals surface area (Å²) < 4.78 is 47.0. The van der Waals surface area contributed by atoms with Crippen LogP contribution in [0.15, 0.2) is 18.5 Å². The molecule has 46 heavy (non-hydrogen) atoms. The summed E-state index contributed by atoms with van der Waals surface area (Å²) in [6.45, 7) is 9.41. The van der Waals surface area contributed by atoms with Gasteiger partial charge in [0, 0.05) is 18.8 Å². The molecule has 1 saturated heterocycles. The van der Waals surface area contributed by atoms with Crippen molar-refractivity contribution in [2.75, 3.05) is 25.9 Å². The number of ketones is 1. The van der Waals surface area contributed by atoms with Gasteiger partial charge in [0.05, 0.1) is 29.7 Å². The van der Waals surface area contributed by atoms with E-state index in [0.29, 0.717) is 5.52 Å². The van der Waals surface area contributed by atoms with Gasteiger partial charge in [0.2, 0.25) is 19.2 Å². The number of nitriles is 1. The predicted octanol–water partition coefficient (Wildman–Crippen LogP) is 3.27. The molecule has 0 spiro atoms. The number of esters is 2. The average molecular weight is 668 g/mol. The van der Waals surface area contributed by atoms with E-state index in [1.54, 1.807) is 40.7 Å². The Labute approximate surface area is 267 Å². The fourth-order valence-corrected chi connectivity index (χ4v) is 5.57. The quantitative estimate of drug-likeness (QED) is 0.158. The van der Waals surface area contributed by atoms with Crippen LogP contribution >= 0.6 is 7.82 Å². The van der Waals surface area contributed by atoms with Crippen LogP contribution in [0.5, 0.6) is 0 Å². The van der Waals surface area contributed by atoms with Crippen LogP contribution in [0.2, 0.25) is 0 Å². The lowest BCUT2D eigenvalue weighted by atomic mass is 9.83. The van der Waals surface area contributed by atoms with Crippen LogP contribution in [0.25, 0.3) is 5.52 Å². The maximum Gasteiger partial charge on any atom is 0.480 e. The molecule has 16 nitrogen and oxygen atoms in total. The number of aliphatic hydroxyl groups excluding tert-OH is 1. The molecule has 3 N–H and O–H groups in total. The number of phosphoric ester groups is 1. The number of rotatable bonds is 15. The molecule has 254 valence electrons. The van der Waals surface area contributed by atoms with Crippen molar-refractivity contribution in [3.05, 3.63) is 24.2 Å². The highest BCUT2D eigenvalue weighted by molar-refractivity contribution is 7.48. The Morgan fingerprint density at radius 2 is 1.80 bits per heavy atom. The van der Waals surface area contributed by atoms with E-state index in [4.69, 9.17) is 33.5 Å². The zero-order valence-corrected chi connectivity index (χ0v) is 27.9. The average Bonchev–Trinajstić information content (AvgIpc) is 3.51. The van der Waals surface area contributed by atoms with Gasteiger partial charge in [0.15, 0.2) is 5.82 Å². The van der Waals surface area contributed by atoms with Crippen molar-refractivity contribution < 1.29 is 51.8 Å². The number of ether oxygens (including phenoxy) is 3. The van der Waals surface area contributed by atoms with Crippen LogP contribution in [0, 0.1) is 34.5 Å². The molecular formula is C29H42N5O11P. The Kier molecular flexibility index (Phi) is 12.0. The van der Waals surface area contributed by atoms with Gasteiger partial charge in [0.25, 0.3) is 0 Å². The van der Waals surface area contributed by atoms with Crippen molar-refractivity contribution in [1.82, 2.24) is 14.6 Å². The number of Topliss-reactive ketones (excluding diaryl/α,β-unsaturated/α-hetero) is 1. The largest absolute Gasteiger partial charge is 0.480 e. The molecule has 1 unspecified atom stereocenters. The van der Waals surface area contributed by atoms with Crippen LogP contribution in [0.3, 0.4) is 0 Å². The molecule has 0 amide bonds. The molecule has 2 aromatic rings. The minimum absolute atomic E-state index is 0.0167. The van der Waals surface area contributed by atoms with Crippen molar-refractivity contribution in [3.8, 4) is 6.07 Å². The van der Waals surface area contributed by atoms with Crippen molar-refractivity contribution >= 4 is 36.9 Å². The molecule has 0 aliphatic carbocycles. The number of carbonyl (C=O) groups excluding carboxylic acids is 3. The third-order valence-corrected chi connectivity index (χ3v) is 8.37. The zero-order valence-electron chi connectivity index (χ0n) is 27.0. The maximum absolute atomic E-state index is 13.6. The smallest absolute Gasteiger partial charge is 0.438 e. The molecule has 1 aliphatic heterocycles. The minimum Gasteiger partial charge on any atom is -0.438 e. The number of nitrogen functional groups attached to an aromatic ring is 1. The molecule has 2 aromatic heterocycles. The summed E-state index contributed by atoms with van der Waals surface area (Å²) in [4.78, 5) is 41.0. The van der Waals surface area contributed by atoms with Gasteiger partial charge in [-0.1, -0.05) is 27.7 Å². The van der Waals surface area contributed by atoms with E-state index in [0.717, 1.165) is 0 Å². The molecule has 0 saturated carbocycles. The van der Waals surface area contributed by atoms with Gasteiger partial charge in [0.1, 0.15) is 29.8 Å². The number of anilines is 1. The third-order valence-electron chi connectivity index (χ3n) is 7.06. The number of hydrogen-bond donors (Lipinski definition) is 2. The van der Waals surface area contributed by atoms with Crippen LogP contribution in [0.4, 0.5) is 5.82 Å². The van der Waals surface area contributed by atoms with Crippen molar-refractivity contribution in [3.63, 3.8) is 0 Å². The number of aromatic nitrogens is 3. The summed E-state index contributed by atoms with van der Waals surface area (Å²) in [6.07, 6.45) is -1.65. The maximum atomic E-state index is 13.6. The number of nitrogens with two attached hydrogens (primary N) is 1. The Hall–Kier alpha value is -3.45. The fourth-order valence-electron chi connectivity index (χ4n) is 4.65. The highest BCUT2D eigenvalue weighted by atomic mass is 31.2. The molecule has 1 aliphatic rings. The first-order chi connectivity index (χ1) is 21.4. The first-order valence-electron chi connectivity index (χ1n) is 14.7. The summed E-state index contributed by atoms with van der Waals surface area (Å²) in [6, 6.07) is 5.07. The second-order valence-corrected chi connectivity index (χ2v) is 14.3. The van der Waals surface area contributed by atoms with Crippen LogP contribution in [0.1, 0.15) is 67.0 Å². The van der Waals surface area contributed by atoms with Gasteiger partial charge in [-0.15, -0.1) is 0 Å². The SMILES string of the molecule is CC(C)CC(=O)C[C@H]1[C@@H](O)[C@](C#N)(c2ccc3c(N)ncnn23)O[C@@H]1COP(=O)(OCOC(=O)C(C)C)OCOC(=O)C(C)(C)C. The lowest BCUT2D eigenvalue weighted by molar-refractivity contribution is -0.162.